The fourth-order valence-electron chi connectivity index (χ4n) is 2.10. The highest BCUT2D eigenvalue weighted by molar-refractivity contribution is 7.93. The van der Waals surface area contributed by atoms with Gasteiger partial charge in [0.15, 0.2) is 4.90 Å². The highest BCUT2D eigenvalue weighted by atomic mass is 35.5. The molecule has 0 bridgehead atoms. The molecular weight excluding hydrogens is 460 g/mol. The molecule has 0 atom stereocenters. The van der Waals surface area contributed by atoms with E-state index >= 15 is 0 Å². The number of rotatable bonds is 6. The van der Waals surface area contributed by atoms with Crippen LogP contribution in [0.25, 0.3) is 0 Å². The van der Waals surface area contributed by atoms with E-state index in [4.69, 9.17) is 21.9 Å². The summed E-state index contributed by atoms with van der Waals surface area (Å²) in [6, 6.07) is 5.41. The molecule has 16 heteroatoms. The van der Waals surface area contributed by atoms with Gasteiger partial charge < -0.3 is 0 Å². The Morgan fingerprint density at radius 2 is 1.43 bits per heavy atom. The van der Waals surface area contributed by atoms with Crippen molar-refractivity contribution < 1.29 is 30.2 Å². The van der Waals surface area contributed by atoms with E-state index in [0.29, 0.717) is 12.1 Å². The lowest BCUT2D eigenvalue weighted by molar-refractivity contribution is -0.387. The van der Waals surface area contributed by atoms with Gasteiger partial charge in [-0.15, -0.1) is 0 Å². The predicted octanol–water partition coefficient (Wildman–Crippen LogP) is 0.344. The molecule has 0 fully saturated rings. The van der Waals surface area contributed by atoms with Crippen LogP contribution in [-0.2, 0) is 30.1 Å². The summed E-state index contributed by atoms with van der Waals surface area (Å²) >= 11 is 5.75. The number of nitro benzene ring substituents is 1. The second-order valence-corrected chi connectivity index (χ2v) is 10.3. The van der Waals surface area contributed by atoms with Crippen LogP contribution in [0.3, 0.4) is 0 Å². The third-order valence-electron chi connectivity index (χ3n) is 3.24. The van der Waals surface area contributed by atoms with E-state index in [9.17, 15) is 35.4 Å². The fourth-order valence-corrected chi connectivity index (χ4v) is 5.28. The number of anilines is 1. The molecule has 0 radical (unpaired) electrons. The van der Waals surface area contributed by atoms with Gasteiger partial charge in [-0.1, -0.05) is 23.7 Å². The molecule has 0 saturated carbocycles. The molecule has 152 valence electrons. The van der Waals surface area contributed by atoms with Crippen LogP contribution >= 0.6 is 11.6 Å². The molecule has 28 heavy (non-hydrogen) atoms. The molecule has 0 aliphatic carbocycles. The first kappa shape index (κ1) is 22.0. The molecule has 2 aromatic carbocycles. The van der Waals surface area contributed by atoms with Crippen molar-refractivity contribution in [3.05, 3.63) is 51.5 Å². The molecule has 2 aromatic rings. The molecule has 0 saturated heterocycles. The summed E-state index contributed by atoms with van der Waals surface area (Å²) < 4.78 is 73.6. The van der Waals surface area contributed by atoms with Crippen LogP contribution in [0.15, 0.2) is 51.1 Å². The van der Waals surface area contributed by atoms with Crippen LogP contribution in [0.1, 0.15) is 0 Å². The molecule has 0 amide bonds. The first-order chi connectivity index (χ1) is 12.6. The van der Waals surface area contributed by atoms with Gasteiger partial charge in [-0.3, -0.25) is 14.8 Å². The van der Waals surface area contributed by atoms with Gasteiger partial charge in [0.25, 0.3) is 15.7 Å². The minimum Gasteiger partial charge on any atom is -0.278 e. The quantitative estimate of drug-likeness (QED) is 0.394. The molecule has 12 nitrogen and oxygen atoms in total. The molecule has 0 aliphatic heterocycles. The summed E-state index contributed by atoms with van der Waals surface area (Å²) in [7, 11) is -13.8. The van der Waals surface area contributed by atoms with Crippen LogP contribution in [0.5, 0.6) is 0 Å². The molecule has 0 aliphatic rings. The standard InChI is InChI=1S/C12H11ClN4O8S3/c13-7-5-8(12(27(15,22)23)6-11(7)26(14,20)21)16-28(24,25)10-4-2-1-3-9(10)17(18)19/h1-6,16H,(H2,14,20,21)(H2,15,22,23). The molecule has 5 N–H and O–H groups in total. The largest absolute Gasteiger partial charge is 0.289 e. The van der Waals surface area contributed by atoms with Crippen molar-refractivity contribution in [2.45, 2.75) is 14.7 Å². The van der Waals surface area contributed by atoms with Crippen LogP contribution < -0.4 is 15.0 Å². The van der Waals surface area contributed by atoms with Crippen molar-refractivity contribution in [1.29, 1.82) is 0 Å². The monoisotopic (exact) mass is 470 g/mol. The van der Waals surface area contributed by atoms with E-state index in [1.54, 1.807) is 0 Å². The predicted molar refractivity (Wildman–Crippen MR) is 98.1 cm³/mol. The highest BCUT2D eigenvalue weighted by Crippen LogP contribution is 2.33. The molecule has 0 heterocycles. The van der Waals surface area contributed by atoms with E-state index in [2.05, 4.69) is 0 Å². The minimum atomic E-state index is -4.69. The first-order valence-corrected chi connectivity index (χ1v) is 11.8. The number of hydrogen-bond donors (Lipinski definition) is 3. The maximum Gasteiger partial charge on any atom is 0.289 e. The lowest BCUT2D eigenvalue weighted by Crippen LogP contribution is -2.21. The summed E-state index contributed by atoms with van der Waals surface area (Å²) in [5.74, 6) is 0. The van der Waals surface area contributed by atoms with Crippen molar-refractivity contribution in [2.24, 2.45) is 10.3 Å². The van der Waals surface area contributed by atoms with Crippen LogP contribution in [0, 0.1) is 10.1 Å². The Kier molecular flexibility index (Phi) is 5.71. The SMILES string of the molecule is NS(=O)(=O)c1cc(S(N)(=O)=O)c(NS(=O)(=O)c2ccccc2[N+](=O)[O-])cc1Cl. The number of primary sulfonamides is 2. The maximum absolute atomic E-state index is 12.6. The zero-order valence-corrected chi connectivity index (χ0v) is 16.6. The molecule has 0 aromatic heterocycles. The Labute approximate surface area is 164 Å². The Bertz CT molecular complexity index is 1290. The van der Waals surface area contributed by atoms with Crippen molar-refractivity contribution >= 4 is 53.0 Å². The summed E-state index contributed by atoms with van der Waals surface area (Å²) in [5, 5.41) is 20.4. The lowest BCUT2D eigenvalue weighted by atomic mass is 10.3. The molecule has 0 spiro atoms. The number of nitrogens with zero attached hydrogens (tertiary/aromatic N) is 1. The van der Waals surface area contributed by atoms with Gasteiger partial charge in [0, 0.05) is 6.07 Å². The first-order valence-electron chi connectivity index (χ1n) is 6.80. The van der Waals surface area contributed by atoms with Crippen LogP contribution in [0.2, 0.25) is 5.02 Å². The van der Waals surface area contributed by atoms with Crippen LogP contribution in [-0.4, -0.2) is 30.2 Å². The molecule has 0 unspecified atom stereocenters. The van der Waals surface area contributed by atoms with E-state index in [0.717, 1.165) is 12.1 Å². The van der Waals surface area contributed by atoms with Crippen molar-refractivity contribution in [3.8, 4) is 0 Å². The summed E-state index contributed by atoms with van der Waals surface area (Å²) in [6.07, 6.45) is 0. The van der Waals surface area contributed by atoms with E-state index in [1.807, 2.05) is 4.72 Å². The summed E-state index contributed by atoms with van der Waals surface area (Å²) in [6.45, 7) is 0. The Balaban J connectivity index is 2.73. The number of nitrogens with two attached hydrogens (primary N) is 2. The van der Waals surface area contributed by atoms with Gasteiger partial charge in [-0.25, -0.2) is 35.5 Å². The van der Waals surface area contributed by atoms with Crippen molar-refractivity contribution in [2.75, 3.05) is 4.72 Å². The summed E-state index contributed by atoms with van der Waals surface area (Å²) in [5.41, 5.74) is -1.50. The number of hydrogen-bond acceptors (Lipinski definition) is 8. The normalized spacial score (nSPS) is 12.5. The van der Waals surface area contributed by atoms with Gasteiger partial charge in [-0.05, 0) is 18.2 Å². The third-order valence-corrected chi connectivity index (χ3v) is 6.98. The topological polar surface area (TPSA) is 210 Å². The number of nitro groups is 1. The maximum atomic E-state index is 12.6. The number of benzene rings is 2. The van der Waals surface area contributed by atoms with Crippen molar-refractivity contribution in [3.63, 3.8) is 0 Å². The lowest BCUT2D eigenvalue weighted by Gasteiger charge is -2.14. The zero-order chi connectivity index (χ0) is 21.5. The van der Waals surface area contributed by atoms with Gasteiger partial charge in [0.1, 0.15) is 9.79 Å². The number of nitrogens with one attached hydrogen (secondary N) is 1. The number of halogens is 1. The smallest absolute Gasteiger partial charge is 0.278 e. The molecule has 2 rings (SSSR count). The number of sulfonamides is 3. The minimum absolute atomic E-state index is 0.476. The third kappa shape index (κ3) is 4.57. The average molecular weight is 471 g/mol. The number of para-hydroxylation sites is 1. The van der Waals surface area contributed by atoms with E-state index < -0.39 is 66.1 Å². The second-order valence-electron chi connectivity index (χ2n) is 5.20. The van der Waals surface area contributed by atoms with Gasteiger partial charge >= 0.3 is 0 Å². The highest BCUT2D eigenvalue weighted by Gasteiger charge is 2.29. The van der Waals surface area contributed by atoms with Gasteiger partial charge in [0.2, 0.25) is 20.0 Å². The second kappa shape index (κ2) is 7.26. The van der Waals surface area contributed by atoms with Gasteiger partial charge in [0.05, 0.1) is 15.6 Å². The molecular formula is C12H11ClN4O8S3. The Hall–Kier alpha value is -2.30. The summed E-state index contributed by atoms with van der Waals surface area (Å²) in [4.78, 5) is 7.56. The average Bonchev–Trinajstić information content (AvgIpc) is 2.52. The van der Waals surface area contributed by atoms with E-state index in [-0.39, 0.29) is 0 Å². The van der Waals surface area contributed by atoms with Crippen LogP contribution in [0.4, 0.5) is 11.4 Å². The Morgan fingerprint density at radius 3 is 1.93 bits per heavy atom. The van der Waals surface area contributed by atoms with E-state index in [1.165, 1.54) is 12.1 Å². The van der Waals surface area contributed by atoms with Gasteiger partial charge in [-0.2, -0.15) is 0 Å². The fraction of sp³-hybridized carbons (Fsp3) is 0. The Morgan fingerprint density at radius 1 is 0.893 bits per heavy atom. The van der Waals surface area contributed by atoms with Crippen molar-refractivity contribution in [1.82, 2.24) is 0 Å². The zero-order valence-electron chi connectivity index (χ0n) is 13.4.